The van der Waals surface area contributed by atoms with Gasteiger partial charge in [0.25, 0.3) is 5.91 Å². The second kappa shape index (κ2) is 8.96. The van der Waals surface area contributed by atoms with Crippen LogP contribution in [0.4, 0.5) is 5.69 Å². The van der Waals surface area contributed by atoms with Crippen molar-refractivity contribution in [2.45, 2.75) is 31.8 Å². The van der Waals surface area contributed by atoms with Crippen LogP contribution < -0.4 is 10.6 Å². The lowest BCUT2D eigenvalue weighted by molar-refractivity contribution is -0.136. The van der Waals surface area contributed by atoms with Crippen LogP contribution >= 0.6 is 0 Å². The Bertz CT molecular complexity index is 721. The van der Waals surface area contributed by atoms with Crippen molar-refractivity contribution in [1.29, 1.82) is 0 Å². The Labute approximate surface area is 158 Å². The van der Waals surface area contributed by atoms with E-state index in [9.17, 15) is 14.4 Å². The Morgan fingerprint density at radius 1 is 1.22 bits per heavy atom. The molecule has 1 fully saturated rings. The molecule has 0 bridgehead atoms. The molecule has 27 heavy (non-hydrogen) atoms. The molecule has 146 valence electrons. The molecule has 1 aromatic carbocycles. The first kappa shape index (κ1) is 19.3. The fraction of sp³-hybridized carbons (Fsp3) is 0.526. The molecule has 0 spiro atoms. The first-order chi connectivity index (χ1) is 13.1. The molecule has 0 aromatic heterocycles. The second-order valence-corrected chi connectivity index (χ2v) is 6.62. The highest BCUT2D eigenvalue weighted by Gasteiger charge is 2.39. The fourth-order valence-corrected chi connectivity index (χ4v) is 3.42. The van der Waals surface area contributed by atoms with Crippen LogP contribution in [0.1, 0.15) is 35.2 Å². The summed E-state index contributed by atoms with van der Waals surface area (Å²) in [5.41, 5.74) is 2.36. The van der Waals surface area contributed by atoms with Crippen LogP contribution in [-0.2, 0) is 25.6 Å². The van der Waals surface area contributed by atoms with E-state index in [1.165, 1.54) is 0 Å². The van der Waals surface area contributed by atoms with Crippen molar-refractivity contribution in [2.75, 3.05) is 38.8 Å². The fourth-order valence-electron chi connectivity index (χ4n) is 3.42. The van der Waals surface area contributed by atoms with Crippen LogP contribution in [0.5, 0.6) is 0 Å². The summed E-state index contributed by atoms with van der Waals surface area (Å²) in [6.07, 6.45) is 1.47. The molecule has 1 saturated heterocycles. The predicted octanol–water partition coefficient (Wildman–Crippen LogP) is 0.913. The third kappa shape index (κ3) is 4.45. The van der Waals surface area contributed by atoms with Gasteiger partial charge >= 0.3 is 0 Å². The molecular formula is C19H25N3O5. The maximum absolute atomic E-state index is 12.7. The molecule has 0 aliphatic carbocycles. The van der Waals surface area contributed by atoms with Gasteiger partial charge in [-0.15, -0.1) is 0 Å². The molecule has 1 aromatic rings. The first-order valence-corrected chi connectivity index (χ1v) is 9.19. The Morgan fingerprint density at radius 2 is 2.07 bits per heavy atom. The number of rotatable bonds is 9. The van der Waals surface area contributed by atoms with Crippen molar-refractivity contribution < 1.29 is 23.9 Å². The van der Waals surface area contributed by atoms with Crippen molar-refractivity contribution in [2.24, 2.45) is 0 Å². The van der Waals surface area contributed by atoms with Crippen LogP contribution in [0, 0.1) is 0 Å². The largest absolute Gasteiger partial charge is 0.385 e. The monoisotopic (exact) mass is 375 g/mol. The number of carbonyl (C=O) groups is 3. The summed E-state index contributed by atoms with van der Waals surface area (Å²) in [6.45, 7) is 2.86. The minimum Gasteiger partial charge on any atom is -0.385 e. The van der Waals surface area contributed by atoms with E-state index in [1.807, 2.05) is 12.1 Å². The van der Waals surface area contributed by atoms with Crippen molar-refractivity contribution in [3.63, 3.8) is 0 Å². The first-order valence-electron chi connectivity index (χ1n) is 9.19. The van der Waals surface area contributed by atoms with Crippen molar-refractivity contribution in [3.05, 3.63) is 29.3 Å². The number of hydrogen-bond donors (Lipinski definition) is 2. The van der Waals surface area contributed by atoms with Gasteiger partial charge in [0.1, 0.15) is 6.04 Å². The van der Waals surface area contributed by atoms with Crippen LogP contribution in [0.3, 0.4) is 0 Å². The molecular weight excluding hydrogens is 350 g/mol. The molecule has 3 rings (SSSR count). The minimum atomic E-state index is -0.598. The van der Waals surface area contributed by atoms with E-state index < -0.39 is 11.9 Å². The molecule has 8 heteroatoms. The predicted molar refractivity (Wildman–Crippen MR) is 98.3 cm³/mol. The van der Waals surface area contributed by atoms with E-state index in [0.29, 0.717) is 44.9 Å². The maximum atomic E-state index is 12.7. The maximum Gasteiger partial charge on any atom is 0.255 e. The highest BCUT2D eigenvalue weighted by Crippen LogP contribution is 2.32. The van der Waals surface area contributed by atoms with E-state index in [4.69, 9.17) is 9.47 Å². The van der Waals surface area contributed by atoms with Crippen LogP contribution in [0.2, 0.25) is 0 Å². The lowest BCUT2D eigenvalue weighted by atomic mass is 10.0. The van der Waals surface area contributed by atoms with Gasteiger partial charge in [-0.25, -0.2) is 0 Å². The number of nitrogens with one attached hydrogen (secondary N) is 2. The van der Waals surface area contributed by atoms with E-state index in [-0.39, 0.29) is 18.2 Å². The second-order valence-electron chi connectivity index (χ2n) is 6.62. The van der Waals surface area contributed by atoms with Crippen LogP contribution in [-0.4, -0.2) is 62.1 Å². The van der Waals surface area contributed by atoms with Gasteiger partial charge in [0.2, 0.25) is 11.8 Å². The van der Waals surface area contributed by atoms with Crippen LogP contribution in [0.15, 0.2) is 18.2 Å². The molecule has 2 aliphatic heterocycles. The molecule has 2 N–H and O–H groups in total. The number of piperidine rings is 1. The average Bonchev–Trinajstić information content (AvgIpc) is 2.98. The lowest BCUT2D eigenvalue weighted by Crippen LogP contribution is -2.52. The summed E-state index contributed by atoms with van der Waals surface area (Å²) >= 11 is 0. The number of anilines is 1. The Balaban J connectivity index is 1.59. The number of carbonyl (C=O) groups excluding carboxylic acids is 3. The van der Waals surface area contributed by atoms with Gasteiger partial charge in [-0.3, -0.25) is 19.7 Å². The summed E-state index contributed by atoms with van der Waals surface area (Å²) in [4.78, 5) is 37.8. The SMILES string of the molecule is COCCCOCCNc1cccc2c1CN(C1CCC(=O)NC1=O)C2=O. The molecule has 8 nitrogen and oxygen atoms in total. The van der Waals surface area contributed by atoms with Gasteiger partial charge in [0, 0.05) is 56.6 Å². The number of methoxy groups -OCH3 is 1. The van der Waals surface area contributed by atoms with Gasteiger partial charge in [-0.2, -0.15) is 0 Å². The molecule has 2 aliphatic rings. The lowest BCUT2D eigenvalue weighted by Gasteiger charge is -2.29. The smallest absolute Gasteiger partial charge is 0.255 e. The van der Waals surface area contributed by atoms with Gasteiger partial charge < -0.3 is 19.7 Å². The third-order valence-electron chi connectivity index (χ3n) is 4.78. The number of ether oxygens (including phenoxy) is 2. The van der Waals surface area contributed by atoms with Crippen LogP contribution in [0.25, 0.3) is 0 Å². The zero-order valence-electron chi connectivity index (χ0n) is 15.5. The third-order valence-corrected chi connectivity index (χ3v) is 4.78. The standard InChI is InChI=1S/C19H25N3O5/c1-26-9-3-10-27-11-8-20-15-5-2-4-13-14(15)12-22(19(13)25)16-6-7-17(23)21-18(16)24/h2,4-5,16,20H,3,6-12H2,1H3,(H,21,23,24). The number of benzene rings is 1. The molecule has 0 saturated carbocycles. The molecule has 1 unspecified atom stereocenters. The normalized spacial score (nSPS) is 19.2. The molecule has 2 heterocycles. The zero-order chi connectivity index (χ0) is 19.2. The summed E-state index contributed by atoms with van der Waals surface area (Å²) in [5.74, 6) is -0.849. The topological polar surface area (TPSA) is 97.0 Å². The molecule has 3 amide bonds. The van der Waals surface area contributed by atoms with Gasteiger partial charge in [0.05, 0.1) is 6.61 Å². The summed E-state index contributed by atoms with van der Waals surface area (Å²) < 4.78 is 10.5. The summed E-state index contributed by atoms with van der Waals surface area (Å²) in [5, 5.41) is 5.63. The van der Waals surface area contributed by atoms with E-state index in [1.54, 1.807) is 18.1 Å². The number of nitrogens with zero attached hydrogens (tertiary/aromatic N) is 1. The number of hydrogen-bond acceptors (Lipinski definition) is 6. The van der Waals surface area contributed by atoms with E-state index >= 15 is 0 Å². The van der Waals surface area contributed by atoms with Gasteiger partial charge in [-0.05, 0) is 25.0 Å². The Kier molecular flexibility index (Phi) is 6.41. The highest BCUT2D eigenvalue weighted by atomic mass is 16.5. The summed E-state index contributed by atoms with van der Waals surface area (Å²) in [6, 6.07) is 4.92. The minimum absolute atomic E-state index is 0.168. The Morgan fingerprint density at radius 3 is 2.85 bits per heavy atom. The zero-order valence-corrected chi connectivity index (χ0v) is 15.5. The van der Waals surface area contributed by atoms with Crippen molar-refractivity contribution in [1.82, 2.24) is 10.2 Å². The number of fused-ring (bicyclic) bond motifs is 1. The molecule has 0 radical (unpaired) electrons. The summed E-state index contributed by atoms with van der Waals surface area (Å²) in [7, 11) is 1.66. The average molecular weight is 375 g/mol. The highest BCUT2D eigenvalue weighted by molar-refractivity contribution is 6.06. The Hall–Kier alpha value is -2.45. The molecule has 1 atom stereocenters. The van der Waals surface area contributed by atoms with E-state index in [0.717, 1.165) is 17.7 Å². The number of amides is 3. The number of imide groups is 1. The van der Waals surface area contributed by atoms with Crippen molar-refractivity contribution >= 4 is 23.4 Å². The van der Waals surface area contributed by atoms with Crippen molar-refractivity contribution in [3.8, 4) is 0 Å². The quantitative estimate of drug-likeness (QED) is 0.492. The van der Waals surface area contributed by atoms with E-state index in [2.05, 4.69) is 10.6 Å². The van der Waals surface area contributed by atoms with Gasteiger partial charge in [-0.1, -0.05) is 6.07 Å². The van der Waals surface area contributed by atoms with Gasteiger partial charge in [0.15, 0.2) is 0 Å².